The molecule has 1 N–H and O–H groups in total. The fraction of sp³-hybridized carbons (Fsp3) is 0.133. The maximum Gasteiger partial charge on any atom is 0.328 e. The molecule has 1 aliphatic carbocycles. The average Bonchev–Trinajstić information content (AvgIpc) is 3.38. The Morgan fingerprint density at radius 1 is 1.03 bits per heavy atom. The number of carboxylic acids is 1. The molecule has 1 aliphatic rings. The van der Waals surface area contributed by atoms with Gasteiger partial charge in [-0.1, -0.05) is 72.6 Å². The highest BCUT2D eigenvalue weighted by molar-refractivity contribution is 7.13. The van der Waals surface area contributed by atoms with E-state index in [9.17, 15) is 9.18 Å². The zero-order chi connectivity index (χ0) is 25.1. The largest absolute Gasteiger partial charge is 0.478 e. The monoisotopic (exact) mass is 515 g/mol. The molecule has 0 unspecified atom stereocenters. The highest BCUT2D eigenvalue weighted by Crippen LogP contribution is 2.47. The van der Waals surface area contributed by atoms with Gasteiger partial charge in [-0.15, -0.1) is 11.3 Å². The fourth-order valence-electron chi connectivity index (χ4n) is 4.53. The summed E-state index contributed by atoms with van der Waals surface area (Å²) in [5, 5.41) is 9.36. The molecule has 0 bridgehead atoms. The lowest BCUT2D eigenvalue weighted by Gasteiger charge is -2.32. The van der Waals surface area contributed by atoms with Gasteiger partial charge in [-0.05, 0) is 75.9 Å². The number of allylic oxidation sites excluding steroid dienone is 1. The maximum atomic E-state index is 14.0. The minimum absolute atomic E-state index is 0.315. The van der Waals surface area contributed by atoms with Crippen LogP contribution < -0.4 is 0 Å². The first-order valence-electron chi connectivity index (χ1n) is 11.7. The summed E-state index contributed by atoms with van der Waals surface area (Å²) in [6, 6.07) is 20.8. The molecule has 0 amide bonds. The molecule has 5 rings (SSSR count). The van der Waals surface area contributed by atoms with Gasteiger partial charge in [0, 0.05) is 12.3 Å². The van der Waals surface area contributed by atoms with Gasteiger partial charge in [0.2, 0.25) is 0 Å². The summed E-state index contributed by atoms with van der Waals surface area (Å²) in [5.41, 5.74) is 8.77. The van der Waals surface area contributed by atoms with E-state index in [2.05, 4.69) is 29.2 Å². The van der Waals surface area contributed by atoms with Gasteiger partial charge < -0.3 is 5.11 Å². The molecule has 4 aromatic rings. The van der Waals surface area contributed by atoms with Crippen molar-refractivity contribution in [2.45, 2.75) is 19.3 Å². The van der Waals surface area contributed by atoms with E-state index in [1.54, 1.807) is 23.5 Å². The molecule has 0 radical (unpaired) electrons. The molecule has 0 saturated heterocycles. The third-order valence-electron chi connectivity index (χ3n) is 6.51. The molecular formula is C30H23ClFNO2S. The molecule has 6 heteroatoms. The molecule has 0 atom stereocenters. The number of hydrogen-bond acceptors (Lipinski definition) is 3. The smallest absolute Gasteiger partial charge is 0.328 e. The predicted molar refractivity (Wildman–Crippen MR) is 145 cm³/mol. The van der Waals surface area contributed by atoms with E-state index in [-0.39, 0.29) is 5.82 Å². The van der Waals surface area contributed by atoms with Crippen molar-refractivity contribution >= 4 is 46.1 Å². The molecule has 36 heavy (non-hydrogen) atoms. The van der Waals surface area contributed by atoms with Crippen molar-refractivity contribution < 1.29 is 14.3 Å². The van der Waals surface area contributed by atoms with Crippen molar-refractivity contribution in [3.8, 4) is 10.4 Å². The summed E-state index contributed by atoms with van der Waals surface area (Å²) in [5.74, 6) is -1.03. The van der Waals surface area contributed by atoms with Crippen LogP contribution in [0.15, 0.2) is 84.5 Å². The molecule has 0 spiro atoms. The number of thiazole rings is 1. The maximum absolute atomic E-state index is 14.0. The second-order valence-corrected chi connectivity index (χ2v) is 10.1. The summed E-state index contributed by atoms with van der Waals surface area (Å²) in [7, 11) is 0. The van der Waals surface area contributed by atoms with Gasteiger partial charge in [-0.3, -0.25) is 4.98 Å². The van der Waals surface area contributed by atoms with E-state index in [1.807, 2.05) is 36.0 Å². The highest BCUT2D eigenvalue weighted by Gasteiger charge is 2.28. The number of aromatic nitrogens is 1. The molecule has 180 valence electrons. The van der Waals surface area contributed by atoms with Crippen LogP contribution in [0.4, 0.5) is 4.39 Å². The van der Waals surface area contributed by atoms with Crippen molar-refractivity contribution in [2.24, 2.45) is 5.92 Å². The van der Waals surface area contributed by atoms with Crippen LogP contribution in [0.2, 0.25) is 5.02 Å². The van der Waals surface area contributed by atoms with E-state index in [0.29, 0.717) is 10.9 Å². The highest BCUT2D eigenvalue weighted by atomic mass is 35.5. The Morgan fingerprint density at radius 2 is 1.72 bits per heavy atom. The zero-order valence-corrected chi connectivity index (χ0v) is 20.9. The van der Waals surface area contributed by atoms with Crippen LogP contribution in [0.1, 0.15) is 41.5 Å². The van der Waals surface area contributed by atoms with E-state index in [1.165, 1.54) is 12.1 Å². The van der Waals surface area contributed by atoms with E-state index in [0.717, 1.165) is 69.2 Å². The van der Waals surface area contributed by atoms with Crippen LogP contribution in [0.5, 0.6) is 0 Å². The number of rotatable bonds is 7. The topological polar surface area (TPSA) is 50.2 Å². The van der Waals surface area contributed by atoms with Crippen LogP contribution >= 0.6 is 22.9 Å². The predicted octanol–water partition coefficient (Wildman–Crippen LogP) is 8.46. The SMILES string of the molecule is O=C(O)C=Cc1ccc(C(=C(c2ccc(F)cc2Cl)C2CCC2)c2ccc(-c3cncs3)cc2)cc1. The summed E-state index contributed by atoms with van der Waals surface area (Å²) in [6.07, 6.45) is 7.79. The van der Waals surface area contributed by atoms with Gasteiger partial charge in [-0.25, -0.2) is 9.18 Å². The van der Waals surface area contributed by atoms with E-state index >= 15 is 0 Å². The van der Waals surface area contributed by atoms with Crippen molar-refractivity contribution in [3.05, 3.63) is 118 Å². The Hall–Kier alpha value is -3.54. The minimum atomic E-state index is -0.987. The second kappa shape index (κ2) is 10.6. The first kappa shape index (κ1) is 24.2. The number of benzene rings is 3. The van der Waals surface area contributed by atoms with Crippen molar-refractivity contribution in [2.75, 3.05) is 0 Å². The molecular weight excluding hydrogens is 493 g/mol. The number of halogens is 2. The normalized spacial score (nSPS) is 14.5. The van der Waals surface area contributed by atoms with Gasteiger partial charge in [0.25, 0.3) is 0 Å². The van der Waals surface area contributed by atoms with Gasteiger partial charge in [0.05, 0.1) is 15.4 Å². The van der Waals surface area contributed by atoms with Gasteiger partial charge in [-0.2, -0.15) is 0 Å². The Balaban J connectivity index is 1.69. The summed E-state index contributed by atoms with van der Waals surface area (Å²) < 4.78 is 14.0. The lowest BCUT2D eigenvalue weighted by atomic mass is 9.73. The lowest BCUT2D eigenvalue weighted by molar-refractivity contribution is -0.131. The third-order valence-corrected chi connectivity index (χ3v) is 7.65. The Labute approximate surface area is 218 Å². The molecule has 3 nitrogen and oxygen atoms in total. The van der Waals surface area contributed by atoms with Gasteiger partial charge >= 0.3 is 5.97 Å². The fourth-order valence-corrected chi connectivity index (χ4v) is 5.43. The lowest BCUT2D eigenvalue weighted by Crippen LogP contribution is -2.15. The number of nitrogens with zero attached hydrogens (tertiary/aromatic N) is 1. The Morgan fingerprint density at radius 3 is 2.28 bits per heavy atom. The first-order chi connectivity index (χ1) is 17.5. The van der Waals surface area contributed by atoms with Crippen LogP contribution in [0.3, 0.4) is 0 Å². The van der Waals surface area contributed by atoms with E-state index < -0.39 is 5.97 Å². The summed E-state index contributed by atoms with van der Waals surface area (Å²) in [4.78, 5) is 16.2. The van der Waals surface area contributed by atoms with Crippen molar-refractivity contribution in [3.63, 3.8) is 0 Å². The van der Waals surface area contributed by atoms with Gasteiger partial charge in [0.15, 0.2) is 0 Å². The quantitative estimate of drug-likeness (QED) is 0.198. The zero-order valence-electron chi connectivity index (χ0n) is 19.3. The molecule has 3 aromatic carbocycles. The number of carboxylic acid groups (broad SMARTS) is 1. The van der Waals surface area contributed by atoms with Crippen molar-refractivity contribution in [1.29, 1.82) is 0 Å². The Kier molecular flexibility index (Phi) is 7.12. The average molecular weight is 516 g/mol. The first-order valence-corrected chi connectivity index (χ1v) is 13.0. The van der Waals surface area contributed by atoms with Crippen LogP contribution in [-0.4, -0.2) is 16.1 Å². The molecule has 1 fully saturated rings. The van der Waals surface area contributed by atoms with Crippen molar-refractivity contribution in [1.82, 2.24) is 4.98 Å². The number of hydrogen-bond donors (Lipinski definition) is 1. The number of aliphatic carboxylic acids is 1. The summed E-state index contributed by atoms with van der Waals surface area (Å²) in [6.45, 7) is 0. The van der Waals surface area contributed by atoms with Crippen LogP contribution in [-0.2, 0) is 4.79 Å². The standard InChI is InChI=1S/C30H23ClFNO2S/c31-26-16-24(32)13-14-25(26)30(21-2-1-3-21)29(22-7-4-19(5-8-22)6-15-28(34)35)23-11-9-20(10-12-23)27-17-33-18-36-27/h4-18,21H,1-3H2,(H,34,35). The molecule has 1 saturated carbocycles. The van der Waals surface area contributed by atoms with Crippen LogP contribution in [0.25, 0.3) is 27.7 Å². The van der Waals surface area contributed by atoms with Crippen LogP contribution in [0, 0.1) is 11.7 Å². The summed E-state index contributed by atoms with van der Waals surface area (Å²) >= 11 is 8.21. The number of carbonyl (C=O) groups is 1. The third kappa shape index (κ3) is 5.18. The molecule has 0 aliphatic heterocycles. The van der Waals surface area contributed by atoms with Gasteiger partial charge in [0.1, 0.15) is 5.82 Å². The second-order valence-electron chi connectivity index (χ2n) is 8.78. The molecule has 1 aromatic heterocycles. The Bertz CT molecular complexity index is 1440. The minimum Gasteiger partial charge on any atom is -0.478 e. The molecule has 1 heterocycles. The van der Waals surface area contributed by atoms with E-state index in [4.69, 9.17) is 16.7 Å².